The minimum Gasteiger partial charge on any atom is -0.368 e. The first kappa shape index (κ1) is 19.1. The summed E-state index contributed by atoms with van der Waals surface area (Å²) >= 11 is 33.0. The number of hydrogen-bond donors (Lipinski definition) is 5. The molecule has 21 heavy (non-hydrogen) atoms. The predicted octanol–water partition coefficient (Wildman–Crippen LogP) is 1.65. The van der Waals surface area contributed by atoms with Gasteiger partial charge in [-0.3, -0.25) is 0 Å². The molecule has 0 aliphatic rings. The van der Waals surface area contributed by atoms with E-state index in [1.165, 1.54) is 0 Å². The molecular formula is C7H8Cl6N6O2. The highest BCUT2D eigenvalue weighted by Crippen LogP contribution is 2.28. The number of nitrogens with one attached hydrogen (secondary N) is 2. The van der Waals surface area contributed by atoms with Crippen molar-refractivity contribution in [3.05, 3.63) is 0 Å². The van der Waals surface area contributed by atoms with Crippen LogP contribution in [0.1, 0.15) is 0 Å². The van der Waals surface area contributed by atoms with Gasteiger partial charge in [-0.05, 0) is 0 Å². The van der Waals surface area contributed by atoms with E-state index in [1.807, 2.05) is 0 Å². The Balaban J connectivity index is 3.01. The summed E-state index contributed by atoms with van der Waals surface area (Å²) in [5.74, 6) is -0.903. The average Bonchev–Trinajstić information content (AvgIpc) is 2.25. The SMILES string of the molecule is Nc1nc(NC(O)(Cl)C(Cl)Cl)nc(NC(O)(Cl)C(Cl)Cl)n1. The molecule has 1 rings (SSSR count). The zero-order valence-corrected chi connectivity index (χ0v) is 14.3. The van der Waals surface area contributed by atoms with Gasteiger partial charge in [0.05, 0.1) is 0 Å². The Kier molecular flexibility index (Phi) is 6.46. The number of hydrogen-bond acceptors (Lipinski definition) is 8. The number of rotatable bonds is 6. The fraction of sp³-hybridized carbons (Fsp3) is 0.571. The molecule has 0 saturated heterocycles. The van der Waals surface area contributed by atoms with E-state index in [4.69, 9.17) is 75.3 Å². The van der Waals surface area contributed by atoms with Crippen molar-refractivity contribution in [2.75, 3.05) is 16.4 Å². The van der Waals surface area contributed by atoms with Crippen LogP contribution < -0.4 is 16.4 Å². The molecule has 0 bridgehead atoms. The van der Waals surface area contributed by atoms with Crippen LogP contribution in [-0.4, -0.2) is 45.2 Å². The van der Waals surface area contributed by atoms with Gasteiger partial charge in [0, 0.05) is 0 Å². The highest BCUT2D eigenvalue weighted by Gasteiger charge is 2.35. The zero-order valence-electron chi connectivity index (χ0n) is 9.74. The van der Waals surface area contributed by atoms with Gasteiger partial charge in [0.1, 0.15) is 0 Å². The topological polar surface area (TPSA) is 129 Å². The lowest BCUT2D eigenvalue weighted by Crippen LogP contribution is -2.40. The molecule has 14 heteroatoms. The maximum Gasteiger partial charge on any atom is 0.247 e. The molecule has 0 aliphatic heterocycles. The molecule has 1 heterocycles. The average molecular weight is 421 g/mol. The minimum absolute atomic E-state index is 0.295. The second-order valence-electron chi connectivity index (χ2n) is 3.54. The molecule has 120 valence electrons. The Morgan fingerprint density at radius 1 is 0.857 bits per heavy atom. The molecule has 0 fully saturated rings. The van der Waals surface area contributed by atoms with Crippen molar-refractivity contribution in [2.24, 2.45) is 0 Å². The molecule has 2 atom stereocenters. The van der Waals surface area contributed by atoms with Crippen LogP contribution >= 0.6 is 69.6 Å². The summed E-state index contributed by atoms with van der Waals surface area (Å²) in [5, 5.41) is 19.2. The molecule has 0 aromatic carbocycles. The second-order valence-corrected chi connectivity index (χ2v) is 6.88. The van der Waals surface area contributed by atoms with E-state index in [0.717, 1.165) is 0 Å². The number of aromatic nitrogens is 3. The zero-order chi connectivity index (χ0) is 16.4. The van der Waals surface area contributed by atoms with E-state index in [9.17, 15) is 10.2 Å². The Labute approximate surface area is 148 Å². The number of nitrogens with two attached hydrogens (primary N) is 1. The molecule has 2 unspecified atom stereocenters. The summed E-state index contributed by atoms with van der Waals surface area (Å²) in [5.41, 5.74) is 5.43. The van der Waals surface area contributed by atoms with Crippen LogP contribution in [0.3, 0.4) is 0 Å². The number of halogens is 6. The van der Waals surface area contributed by atoms with Crippen LogP contribution in [0.25, 0.3) is 0 Å². The maximum absolute atomic E-state index is 9.66. The summed E-state index contributed by atoms with van der Waals surface area (Å²) in [6.45, 7) is 0. The van der Waals surface area contributed by atoms with Crippen molar-refractivity contribution in [2.45, 2.75) is 20.0 Å². The predicted molar refractivity (Wildman–Crippen MR) is 84.1 cm³/mol. The monoisotopic (exact) mass is 418 g/mol. The van der Waals surface area contributed by atoms with Gasteiger partial charge < -0.3 is 26.6 Å². The largest absolute Gasteiger partial charge is 0.368 e. The number of aliphatic hydroxyl groups is 2. The van der Waals surface area contributed by atoms with Crippen molar-refractivity contribution in [3.8, 4) is 0 Å². The molecule has 6 N–H and O–H groups in total. The minimum atomic E-state index is -2.27. The van der Waals surface area contributed by atoms with Gasteiger partial charge in [-0.25, -0.2) is 0 Å². The molecule has 0 amide bonds. The van der Waals surface area contributed by atoms with Crippen LogP contribution in [0.5, 0.6) is 0 Å². The van der Waals surface area contributed by atoms with Crippen LogP contribution in [-0.2, 0) is 0 Å². The third-order valence-corrected chi connectivity index (χ3v) is 4.14. The van der Waals surface area contributed by atoms with Crippen molar-refractivity contribution in [3.63, 3.8) is 0 Å². The number of anilines is 3. The molecule has 0 saturated carbocycles. The van der Waals surface area contributed by atoms with Crippen molar-refractivity contribution in [1.82, 2.24) is 15.0 Å². The van der Waals surface area contributed by atoms with E-state index in [0.29, 0.717) is 0 Å². The van der Waals surface area contributed by atoms with Gasteiger partial charge >= 0.3 is 0 Å². The molecule has 1 aromatic heterocycles. The first-order valence-corrected chi connectivity index (χ1v) is 7.41. The van der Waals surface area contributed by atoms with E-state index < -0.39 is 20.0 Å². The fourth-order valence-corrected chi connectivity index (χ4v) is 1.31. The van der Waals surface area contributed by atoms with Gasteiger partial charge in [0.2, 0.25) is 28.2 Å². The summed E-state index contributed by atoms with van der Waals surface area (Å²) in [6, 6.07) is 0. The molecule has 8 nitrogen and oxygen atoms in total. The Hall–Kier alpha value is 0.0700. The second kappa shape index (κ2) is 7.10. The number of alkyl halides is 6. The van der Waals surface area contributed by atoms with Crippen molar-refractivity contribution in [1.29, 1.82) is 0 Å². The Bertz CT molecular complexity index is 460. The van der Waals surface area contributed by atoms with Crippen LogP contribution in [0.2, 0.25) is 0 Å². The van der Waals surface area contributed by atoms with Gasteiger partial charge in [-0.15, -0.1) is 0 Å². The molecule has 0 spiro atoms. The standard InChI is InChI=1S/C7H8Cl6N6O2/c8-1(9)6(12,20)18-4-15-3(14)16-5(17-4)19-7(13,21)2(10)11/h1-2,20-21H,(H4,14,15,16,17,18,19). The summed E-state index contributed by atoms with van der Waals surface area (Å²) < 4.78 is 0. The molecule has 0 aliphatic carbocycles. The van der Waals surface area contributed by atoms with Crippen molar-refractivity contribution < 1.29 is 10.2 Å². The van der Waals surface area contributed by atoms with E-state index in [-0.39, 0.29) is 17.8 Å². The third kappa shape index (κ3) is 5.65. The van der Waals surface area contributed by atoms with E-state index in [1.54, 1.807) is 0 Å². The normalized spacial score (nSPS) is 17.4. The summed E-state index contributed by atoms with van der Waals surface area (Å²) in [6.07, 6.45) is 0. The highest BCUT2D eigenvalue weighted by molar-refractivity contribution is 6.50. The Morgan fingerprint density at radius 3 is 1.48 bits per heavy atom. The van der Waals surface area contributed by atoms with Crippen molar-refractivity contribution >= 4 is 87.5 Å². The van der Waals surface area contributed by atoms with Crippen LogP contribution in [0, 0.1) is 0 Å². The lowest BCUT2D eigenvalue weighted by atomic mass is 10.6. The summed E-state index contributed by atoms with van der Waals surface area (Å²) in [4.78, 5) is 8.13. The smallest absolute Gasteiger partial charge is 0.247 e. The van der Waals surface area contributed by atoms with Gasteiger partial charge in [-0.2, -0.15) is 15.0 Å². The molecule has 0 radical (unpaired) electrons. The van der Waals surface area contributed by atoms with Gasteiger partial charge in [-0.1, -0.05) is 69.6 Å². The number of nitrogen functional groups attached to an aromatic ring is 1. The first-order valence-electron chi connectivity index (χ1n) is 4.91. The fourth-order valence-electron chi connectivity index (χ4n) is 0.927. The highest BCUT2D eigenvalue weighted by atomic mass is 35.5. The van der Waals surface area contributed by atoms with Gasteiger partial charge in [0.25, 0.3) is 0 Å². The van der Waals surface area contributed by atoms with E-state index >= 15 is 0 Å². The van der Waals surface area contributed by atoms with Crippen LogP contribution in [0.15, 0.2) is 0 Å². The first-order chi connectivity index (χ1) is 9.44. The maximum atomic E-state index is 9.66. The van der Waals surface area contributed by atoms with E-state index in [2.05, 4.69) is 25.6 Å². The number of nitrogens with zero attached hydrogens (tertiary/aromatic N) is 3. The van der Waals surface area contributed by atoms with Crippen LogP contribution in [0.4, 0.5) is 17.8 Å². The lowest BCUT2D eigenvalue weighted by molar-refractivity contribution is 0.171. The quantitative estimate of drug-likeness (QED) is 0.267. The van der Waals surface area contributed by atoms with Gasteiger partial charge in [0.15, 0.2) is 9.67 Å². The third-order valence-electron chi connectivity index (χ3n) is 1.81. The summed E-state index contributed by atoms with van der Waals surface area (Å²) in [7, 11) is 0. The lowest BCUT2D eigenvalue weighted by Gasteiger charge is -2.25. The molecular weight excluding hydrogens is 413 g/mol. The Morgan fingerprint density at radius 2 is 1.19 bits per heavy atom. The molecule has 1 aromatic rings.